The van der Waals surface area contributed by atoms with E-state index in [2.05, 4.69) is 34.7 Å². The fourth-order valence-electron chi connectivity index (χ4n) is 3.06. The van der Waals surface area contributed by atoms with Crippen LogP contribution in [0.5, 0.6) is 0 Å². The number of likely N-dealkylation sites (tertiary alicyclic amines) is 1. The van der Waals surface area contributed by atoms with Crippen LogP contribution < -0.4 is 5.32 Å². The van der Waals surface area contributed by atoms with Crippen LogP contribution in [0.1, 0.15) is 12.0 Å². The number of rotatable bonds is 6. The molecule has 0 spiro atoms. The number of nitrogens with zero attached hydrogens (tertiary/aromatic N) is 3. The van der Waals surface area contributed by atoms with E-state index >= 15 is 0 Å². The van der Waals surface area contributed by atoms with Gasteiger partial charge in [-0.15, -0.1) is 0 Å². The number of carbonyl (C=O) groups is 1. The van der Waals surface area contributed by atoms with Gasteiger partial charge in [-0.2, -0.15) is 5.10 Å². The van der Waals surface area contributed by atoms with Crippen LogP contribution in [0.2, 0.25) is 0 Å². The number of amides is 2. The van der Waals surface area contributed by atoms with E-state index in [1.165, 1.54) is 5.56 Å². The van der Waals surface area contributed by atoms with Crippen molar-refractivity contribution in [2.24, 2.45) is 5.92 Å². The second-order valence-corrected chi connectivity index (χ2v) is 6.18. The van der Waals surface area contributed by atoms with Gasteiger partial charge in [-0.25, -0.2) is 4.79 Å². The normalized spacial score (nSPS) is 17.2. The van der Waals surface area contributed by atoms with E-state index in [-0.39, 0.29) is 6.03 Å². The third kappa shape index (κ3) is 4.35. The molecular formula is C18H24N4O2. The number of hydrogen-bond acceptors (Lipinski definition) is 3. The highest BCUT2D eigenvalue weighted by Crippen LogP contribution is 2.21. The van der Waals surface area contributed by atoms with Gasteiger partial charge in [0.25, 0.3) is 0 Å². The van der Waals surface area contributed by atoms with Gasteiger partial charge in [0, 0.05) is 32.5 Å². The Morgan fingerprint density at radius 1 is 1.33 bits per heavy atom. The molecule has 1 aromatic carbocycles. The molecule has 0 unspecified atom stereocenters. The topological polar surface area (TPSA) is 59.4 Å². The maximum atomic E-state index is 12.4. The van der Waals surface area contributed by atoms with Gasteiger partial charge in [0.15, 0.2) is 5.82 Å². The Morgan fingerprint density at radius 2 is 2.17 bits per heavy atom. The van der Waals surface area contributed by atoms with Gasteiger partial charge in [-0.1, -0.05) is 30.3 Å². The Hall–Kier alpha value is -2.34. The predicted octanol–water partition coefficient (Wildman–Crippen LogP) is 2.63. The fourth-order valence-corrected chi connectivity index (χ4v) is 3.06. The maximum absolute atomic E-state index is 12.4. The average molecular weight is 328 g/mol. The summed E-state index contributed by atoms with van der Waals surface area (Å²) in [6.07, 6.45) is 3.91. The molecule has 1 atom stereocenters. The molecule has 2 aromatic rings. The first kappa shape index (κ1) is 16.5. The zero-order valence-electron chi connectivity index (χ0n) is 14.0. The molecule has 1 fully saturated rings. The lowest BCUT2D eigenvalue weighted by atomic mass is 9.99. The zero-order valence-corrected chi connectivity index (χ0v) is 14.0. The molecule has 0 aliphatic carbocycles. The highest BCUT2D eigenvalue weighted by atomic mass is 16.5. The van der Waals surface area contributed by atoms with Crippen molar-refractivity contribution in [2.75, 3.05) is 32.1 Å². The van der Waals surface area contributed by atoms with Gasteiger partial charge in [0.2, 0.25) is 0 Å². The van der Waals surface area contributed by atoms with Gasteiger partial charge in [-0.05, 0) is 24.3 Å². The second kappa shape index (κ2) is 7.97. The van der Waals surface area contributed by atoms with Crippen molar-refractivity contribution in [1.82, 2.24) is 14.7 Å². The molecule has 1 saturated heterocycles. The number of ether oxygens (including phenoxy) is 1. The average Bonchev–Trinajstić information content (AvgIpc) is 3.23. The van der Waals surface area contributed by atoms with Gasteiger partial charge < -0.3 is 9.64 Å². The fraction of sp³-hybridized carbons (Fsp3) is 0.444. The third-order valence-electron chi connectivity index (χ3n) is 4.34. The standard InChI is InChI=1S/C18H24N4O2/c1-24-12-11-22-10-8-17(20-22)19-18(23)21-9-7-16(14-21)13-15-5-3-2-4-6-15/h2-6,8,10,16H,7,9,11-14H2,1H3,(H,19,20,23)/t16-/m1/s1. The molecule has 2 amide bonds. The van der Waals surface area contributed by atoms with Crippen LogP contribution in [0, 0.1) is 5.92 Å². The van der Waals surface area contributed by atoms with Gasteiger partial charge in [0.1, 0.15) is 0 Å². The van der Waals surface area contributed by atoms with Crippen molar-refractivity contribution in [3.63, 3.8) is 0 Å². The minimum Gasteiger partial charge on any atom is -0.383 e. The van der Waals surface area contributed by atoms with Crippen LogP contribution in [-0.2, 0) is 17.7 Å². The molecular weight excluding hydrogens is 304 g/mol. The van der Waals surface area contributed by atoms with Crippen molar-refractivity contribution >= 4 is 11.8 Å². The Kier molecular flexibility index (Phi) is 5.48. The molecule has 0 saturated carbocycles. The Morgan fingerprint density at radius 3 is 2.96 bits per heavy atom. The summed E-state index contributed by atoms with van der Waals surface area (Å²) in [5.74, 6) is 1.11. The van der Waals surface area contributed by atoms with E-state index < -0.39 is 0 Å². The van der Waals surface area contributed by atoms with E-state index in [9.17, 15) is 4.79 Å². The lowest BCUT2D eigenvalue weighted by Crippen LogP contribution is -2.33. The first-order valence-electron chi connectivity index (χ1n) is 8.37. The number of anilines is 1. The Labute approximate surface area is 142 Å². The lowest BCUT2D eigenvalue weighted by molar-refractivity contribution is 0.183. The first-order valence-corrected chi connectivity index (χ1v) is 8.37. The van der Waals surface area contributed by atoms with Crippen molar-refractivity contribution < 1.29 is 9.53 Å². The summed E-state index contributed by atoms with van der Waals surface area (Å²) in [7, 11) is 1.66. The lowest BCUT2D eigenvalue weighted by Gasteiger charge is -2.16. The van der Waals surface area contributed by atoms with E-state index in [1.54, 1.807) is 11.8 Å². The molecule has 2 heterocycles. The molecule has 1 N–H and O–H groups in total. The zero-order chi connectivity index (χ0) is 16.8. The highest BCUT2D eigenvalue weighted by molar-refractivity contribution is 5.88. The summed E-state index contributed by atoms with van der Waals surface area (Å²) in [5, 5.41) is 7.20. The van der Waals surface area contributed by atoms with Crippen molar-refractivity contribution in [2.45, 2.75) is 19.4 Å². The van der Waals surface area contributed by atoms with Crippen molar-refractivity contribution in [3.05, 3.63) is 48.2 Å². The summed E-state index contributed by atoms with van der Waals surface area (Å²) in [4.78, 5) is 14.3. The summed E-state index contributed by atoms with van der Waals surface area (Å²) >= 11 is 0. The summed E-state index contributed by atoms with van der Waals surface area (Å²) in [5.41, 5.74) is 1.33. The van der Waals surface area contributed by atoms with Crippen molar-refractivity contribution in [1.29, 1.82) is 0 Å². The highest BCUT2D eigenvalue weighted by Gasteiger charge is 2.26. The van der Waals surface area contributed by atoms with E-state index in [0.29, 0.717) is 24.9 Å². The predicted molar refractivity (Wildman–Crippen MR) is 92.9 cm³/mol. The number of aromatic nitrogens is 2. The molecule has 1 aliphatic rings. The summed E-state index contributed by atoms with van der Waals surface area (Å²) in [6.45, 7) is 2.87. The number of carbonyl (C=O) groups excluding carboxylic acids is 1. The van der Waals surface area contributed by atoms with Crippen LogP contribution in [0.3, 0.4) is 0 Å². The second-order valence-electron chi connectivity index (χ2n) is 6.18. The largest absolute Gasteiger partial charge is 0.383 e. The van der Waals surface area contributed by atoms with Crippen LogP contribution in [0.15, 0.2) is 42.6 Å². The SMILES string of the molecule is COCCn1ccc(NC(=O)N2CC[C@H](Cc3ccccc3)C2)n1. The Bertz CT molecular complexity index is 656. The van der Waals surface area contributed by atoms with E-state index in [1.807, 2.05) is 23.2 Å². The molecule has 0 radical (unpaired) electrons. The molecule has 6 nitrogen and oxygen atoms in total. The van der Waals surface area contributed by atoms with Crippen LogP contribution >= 0.6 is 0 Å². The number of nitrogens with one attached hydrogen (secondary N) is 1. The number of benzene rings is 1. The van der Waals surface area contributed by atoms with Crippen molar-refractivity contribution in [3.8, 4) is 0 Å². The Balaban J connectivity index is 1.48. The summed E-state index contributed by atoms with van der Waals surface area (Å²) in [6, 6.07) is 12.2. The van der Waals surface area contributed by atoms with Crippen LogP contribution in [0.25, 0.3) is 0 Å². The first-order chi connectivity index (χ1) is 11.7. The third-order valence-corrected chi connectivity index (χ3v) is 4.34. The number of hydrogen-bond donors (Lipinski definition) is 1. The summed E-state index contributed by atoms with van der Waals surface area (Å²) < 4.78 is 6.79. The molecule has 24 heavy (non-hydrogen) atoms. The smallest absolute Gasteiger partial charge is 0.323 e. The quantitative estimate of drug-likeness (QED) is 0.887. The minimum absolute atomic E-state index is 0.0671. The molecule has 3 rings (SSSR count). The molecule has 1 aliphatic heterocycles. The monoisotopic (exact) mass is 328 g/mol. The molecule has 0 bridgehead atoms. The molecule has 128 valence electrons. The van der Waals surface area contributed by atoms with E-state index in [4.69, 9.17) is 4.74 Å². The number of urea groups is 1. The van der Waals surface area contributed by atoms with Crippen LogP contribution in [0.4, 0.5) is 10.6 Å². The van der Waals surface area contributed by atoms with Gasteiger partial charge in [0.05, 0.1) is 13.2 Å². The van der Waals surface area contributed by atoms with Gasteiger partial charge >= 0.3 is 6.03 Å². The number of methoxy groups -OCH3 is 1. The minimum atomic E-state index is -0.0671. The van der Waals surface area contributed by atoms with Crippen LogP contribution in [-0.4, -0.2) is 47.5 Å². The molecule has 1 aromatic heterocycles. The maximum Gasteiger partial charge on any atom is 0.323 e. The van der Waals surface area contributed by atoms with Gasteiger partial charge in [-0.3, -0.25) is 10.00 Å². The molecule has 6 heteroatoms. The van der Waals surface area contributed by atoms with E-state index in [0.717, 1.165) is 25.9 Å².